The van der Waals surface area contributed by atoms with Crippen LogP contribution in [0.15, 0.2) is 35.1 Å². The van der Waals surface area contributed by atoms with Crippen molar-refractivity contribution in [3.63, 3.8) is 0 Å². The zero-order valence-electron chi connectivity index (χ0n) is 22.4. The molecule has 1 aromatic carbocycles. The van der Waals surface area contributed by atoms with Gasteiger partial charge in [-0.2, -0.15) is 0 Å². The van der Waals surface area contributed by atoms with Crippen LogP contribution < -0.4 is 10.9 Å². The van der Waals surface area contributed by atoms with Crippen molar-refractivity contribution in [2.24, 2.45) is 0 Å². The third kappa shape index (κ3) is 3.89. The SMILES string of the molecule is CCCC[Si](C)(C)C1OC(=O)C(CC)(OC(=O)NC)c2cc3n(c(=O)c21)Cc1cc2cc(O)ccc2nc1-3. The topological polar surface area (TPSA) is 120 Å². The first-order valence-electron chi connectivity index (χ1n) is 13.1. The number of cyclic esters (lactones) is 1. The molecule has 0 saturated heterocycles. The van der Waals surface area contributed by atoms with Gasteiger partial charge in [-0.25, -0.2) is 14.6 Å². The van der Waals surface area contributed by atoms with Gasteiger partial charge in [0.15, 0.2) is 0 Å². The highest BCUT2D eigenvalue weighted by Crippen LogP contribution is 2.47. The van der Waals surface area contributed by atoms with Gasteiger partial charge in [0.2, 0.25) is 5.60 Å². The normalized spacial score (nSPS) is 19.9. The van der Waals surface area contributed by atoms with E-state index in [9.17, 15) is 19.5 Å². The van der Waals surface area contributed by atoms with E-state index in [2.05, 4.69) is 25.3 Å². The Hall–Kier alpha value is -3.66. The Kier molecular flexibility index (Phi) is 6.33. The van der Waals surface area contributed by atoms with Crippen LogP contribution in [0.25, 0.3) is 22.3 Å². The van der Waals surface area contributed by atoms with Crippen molar-refractivity contribution in [1.29, 1.82) is 0 Å². The second-order valence-electron chi connectivity index (χ2n) is 10.8. The molecule has 2 aliphatic heterocycles. The predicted octanol–water partition coefficient (Wildman–Crippen LogP) is 4.74. The molecule has 0 fully saturated rings. The molecule has 2 aromatic heterocycles. The van der Waals surface area contributed by atoms with E-state index < -0.39 is 31.5 Å². The van der Waals surface area contributed by atoms with E-state index in [1.807, 2.05) is 6.07 Å². The standard InChI is InChI=1S/C28H33N3O6Si/c1-6-8-11-38(4,5)25-22-19(28(7-2,26(34)36-25)37-27(35)29-3)14-21-23-17(15-31(21)24(22)33)12-16-13-18(32)9-10-20(16)30-23/h9-10,12-14,25,32H,6-8,11,15H2,1-5H3,(H,29,35). The molecular weight excluding hydrogens is 502 g/mol. The highest BCUT2D eigenvalue weighted by molar-refractivity contribution is 6.78. The molecule has 5 rings (SSSR count). The van der Waals surface area contributed by atoms with Crippen molar-refractivity contribution in [2.75, 3.05) is 7.05 Å². The molecule has 0 bridgehead atoms. The fraction of sp³-hybridized carbons (Fsp3) is 0.429. The molecule has 38 heavy (non-hydrogen) atoms. The number of carbonyl (C=O) groups is 2. The maximum atomic E-state index is 14.3. The first-order valence-corrected chi connectivity index (χ1v) is 16.4. The van der Waals surface area contributed by atoms with Crippen molar-refractivity contribution < 1.29 is 24.2 Å². The van der Waals surface area contributed by atoms with Crippen LogP contribution in [0, 0.1) is 0 Å². The number of carbonyl (C=O) groups excluding carboxylic acids is 2. The zero-order chi connectivity index (χ0) is 27.4. The number of pyridine rings is 2. The summed E-state index contributed by atoms with van der Waals surface area (Å²) in [4.78, 5) is 45.3. The van der Waals surface area contributed by atoms with Gasteiger partial charge in [-0.3, -0.25) is 4.79 Å². The van der Waals surface area contributed by atoms with E-state index >= 15 is 0 Å². The number of amides is 1. The van der Waals surface area contributed by atoms with Crippen molar-refractivity contribution in [2.45, 2.75) is 70.1 Å². The lowest BCUT2D eigenvalue weighted by Gasteiger charge is -2.43. The summed E-state index contributed by atoms with van der Waals surface area (Å²) < 4.78 is 13.5. The number of benzene rings is 1. The van der Waals surface area contributed by atoms with Gasteiger partial charge in [-0.05, 0) is 36.8 Å². The van der Waals surface area contributed by atoms with Gasteiger partial charge < -0.3 is 24.5 Å². The van der Waals surface area contributed by atoms with Gasteiger partial charge in [0.25, 0.3) is 5.56 Å². The number of aromatic nitrogens is 2. The Morgan fingerprint density at radius 1 is 1.26 bits per heavy atom. The summed E-state index contributed by atoms with van der Waals surface area (Å²) in [5, 5.41) is 13.1. The summed E-state index contributed by atoms with van der Waals surface area (Å²) in [7, 11) is -0.864. The van der Waals surface area contributed by atoms with Crippen molar-refractivity contribution in [3.8, 4) is 17.1 Å². The molecule has 4 heterocycles. The second-order valence-corrected chi connectivity index (χ2v) is 15.8. The van der Waals surface area contributed by atoms with Crippen LogP contribution in [0.5, 0.6) is 5.75 Å². The molecule has 0 aliphatic carbocycles. The number of nitrogens with zero attached hydrogens (tertiary/aromatic N) is 2. The molecule has 0 spiro atoms. The van der Waals surface area contributed by atoms with Crippen LogP contribution >= 0.6 is 0 Å². The van der Waals surface area contributed by atoms with Crippen molar-refractivity contribution >= 4 is 31.0 Å². The van der Waals surface area contributed by atoms with Crippen LogP contribution in [-0.4, -0.2) is 41.8 Å². The number of phenolic OH excluding ortho intramolecular Hbond substituents is 1. The summed E-state index contributed by atoms with van der Waals surface area (Å²) in [5.41, 5.74) is 0.835. The van der Waals surface area contributed by atoms with E-state index in [1.165, 1.54) is 7.05 Å². The third-order valence-corrected chi connectivity index (χ3v) is 11.4. The molecule has 2 aliphatic rings. The average molecular weight is 536 g/mol. The number of fused-ring (bicyclic) bond motifs is 5. The largest absolute Gasteiger partial charge is 0.508 e. The van der Waals surface area contributed by atoms with Gasteiger partial charge in [0.05, 0.1) is 29.0 Å². The molecule has 1 amide bonds. The van der Waals surface area contributed by atoms with E-state index in [1.54, 1.807) is 35.8 Å². The molecule has 3 aromatic rings. The average Bonchev–Trinajstić information content (AvgIpc) is 3.25. The molecule has 200 valence electrons. The Morgan fingerprint density at radius 2 is 2.03 bits per heavy atom. The minimum absolute atomic E-state index is 0.107. The minimum Gasteiger partial charge on any atom is -0.508 e. The maximum absolute atomic E-state index is 14.3. The van der Waals surface area contributed by atoms with E-state index in [0.29, 0.717) is 34.6 Å². The Bertz CT molecular complexity index is 1530. The lowest BCUT2D eigenvalue weighted by Crippen LogP contribution is -2.54. The Morgan fingerprint density at radius 3 is 2.71 bits per heavy atom. The van der Waals surface area contributed by atoms with Crippen LogP contribution in [-0.2, 0) is 26.4 Å². The number of phenols is 1. The van der Waals surface area contributed by atoms with Crippen LogP contribution in [0.2, 0.25) is 19.1 Å². The maximum Gasteiger partial charge on any atom is 0.408 e. The van der Waals surface area contributed by atoms with Gasteiger partial charge in [-0.15, -0.1) is 0 Å². The number of esters is 1. The lowest BCUT2D eigenvalue weighted by atomic mass is 9.85. The minimum atomic E-state index is -2.29. The zero-order valence-corrected chi connectivity index (χ0v) is 23.4. The molecule has 9 nitrogen and oxygen atoms in total. The molecule has 2 atom stereocenters. The molecular formula is C28H33N3O6Si. The van der Waals surface area contributed by atoms with E-state index in [0.717, 1.165) is 29.8 Å². The highest BCUT2D eigenvalue weighted by Gasteiger charge is 2.56. The molecule has 2 N–H and O–H groups in total. The third-order valence-electron chi connectivity index (χ3n) is 7.89. The fourth-order valence-electron chi connectivity index (χ4n) is 5.72. The fourth-order valence-corrected chi connectivity index (χ4v) is 8.73. The molecule has 0 radical (unpaired) electrons. The number of alkyl carbamates (subject to hydrolysis) is 1. The summed E-state index contributed by atoms with van der Waals surface area (Å²) in [6.45, 7) is 8.43. The first kappa shape index (κ1) is 26.0. The number of nitrogens with one attached hydrogen (secondary N) is 1. The van der Waals surface area contributed by atoms with Crippen LogP contribution in [0.3, 0.4) is 0 Å². The predicted molar refractivity (Wildman–Crippen MR) is 146 cm³/mol. The molecule has 2 unspecified atom stereocenters. The monoisotopic (exact) mass is 535 g/mol. The quantitative estimate of drug-likeness (QED) is 0.270. The van der Waals surface area contributed by atoms with Gasteiger partial charge >= 0.3 is 12.1 Å². The van der Waals surface area contributed by atoms with Gasteiger partial charge in [0, 0.05) is 23.6 Å². The van der Waals surface area contributed by atoms with E-state index in [4.69, 9.17) is 14.5 Å². The Balaban J connectivity index is 1.78. The van der Waals surface area contributed by atoms with Crippen molar-refractivity contribution in [1.82, 2.24) is 14.9 Å². The summed E-state index contributed by atoms with van der Waals surface area (Å²) >= 11 is 0. The second kappa shape index (κ2) is 9.27. The molecule has 10 heteroatoms. The number of unbranched alkanes of at least 4 members (excludes halogenated alkanes) is 1. The van der Waals surface area contributed by atoms with Crippen molar-refractivity contribution in [3.05, 3.63) is 57.4 Å². The number of hydrogen-bond donors (Lipinski definition) is 2. The summed E-state index contributed by atoms with van der Waals surface area (Å²) in [6.07, 6.45) is 1.30. The smallest absolute Gasteiger partial charge is 0.408 e. The number of ether oxygens (including phenoxy) is 2. The first-order chi connectivity index (χ1) is 18.1. The summed E-state index contributed by atoms with van der Waals surface area (Å²) in [6, 6.07) is 9.54. The van der Waals surface area contributed by atoms with Gasteiger partial charge in [-0.1, -0.05) is 45.8 Å². The lowest BCUT2D eigenvalue weighted by molar-refractivity contribution is -0.174. The number of hydrogen-bond acceptors (Lipinski definition) is 7. The van der Waals surface area contributed by atoms with E-state index in [-0.39, 0.29) is 17.7 Å². The Labute approximate surface area is 221 Å². The summed E-state index contributed by atoms with van der Waals surface area (Å²) in [5.74, 6) is -0.512. The number of aromatic hydroxyl groups is 1. The van der Waals surface area contributed by atoms with Crippen LogP contribution in [0.4, 0.5) is 4.79 Å². The highest BCUT2D eigenvalue weighted by atomic mass is 28.3. The van der Waals surface area contributed by atoms with Crippen LogP contribution in [0.1, 0.15) is 55.5 Å². The van der Waals surface area contributed by atoms with Gasteiger partial charge in [0.1, 0.15) is 19.6 Å². The number of rotatable bonds is 6. The molecule has 0 saturated carbocycles.